The number of rotatable bonds is 3. The summed E-state index contributed by atoms with van der Waals surface area (Å²) < 4.78 is 24.0. The van der Waals surface area contributed by atoms with Crippen LogP contribution in [0.25, 0.3) is 0 Å². The van der Waals surface area contributed by atoms with Crippen LogP contribution in [0.3, 0.4) is 0 Å². The Balaban J connectivity index is 1.51. The van der Waals surface area contributed by atoms with E-state index in [2.05, 4.69) is 12.2 Å². The Hall–Kier alpha value is -1.53. The van der Waals surface area contributed by atoms with Crippen LogP contribution in [0.2, 0.25) is 0 Å². The third-order valence-electron chi connectivity index (χ3n) is 6.41. The van der Waals surface area contributed by atoms with E-state index in [0.29, 0.717) is 12.5 Å². The van der Waals surface area contributed by atoms with Crippen molar-refractivity contribution in [1.29, 1.82) is 0 Å². The van der Waals surface area contributed by atoms with Crippen molar-refractivity contribution in [2.45, 2.75) is 31.2 Å². The Morgan fingerprint density at radius 1 is 1.20 bits per heavy atom. The zero-order chi connectivity index (χ0) is 17.0. The highest BCUT2D eigenvalue weighted by Crippen LogP contribution is 2.62. The van der Waals surface area contributed by atoms with Gasteiger partial charge < -0.3 is 23.7 Å². The molecular formula is C20H22O5. The molecule has 2 aliphatic carbocycles. The highest BCUT2D eigenvalue weighted by Gasteiger charge is 2.68. The SMILES string of the molecule is CO[C@H]1O[C@@H]2CO[C@@H](c3ccccc3)O[C@H]2[C@@H]2[C@H]3C=C[C@H](C3)[C@]12C=O. The summed E-state index contributed by atoms with van der Waals surface area (Å²) in [5.41, 5.74) is 0.332. The zero-order valence-corrected chi connectivity index (χ0v) is 14.1. The smallest absolute Gasteiger partial charge is 0.184 e. The van der Waals surface area contributed by atoms with E-state index in [4.69, 9.17) is 18.9 Å². The molecule has 0 amide bonds. The largest absolute Gasteiger partial charge is 0.355 e. The standard InChI is InChI=1S/C20H22O5/c1-22-19-20(11-21)14-8-7-13(9-14)16(20)17-15(24-19)10-23-18(25-17)12-5-3-2-4-6-12/h2-8,11,13-19H,9-10H2,1H3/t13-,14+,15+,16-,17+,18+,19-,20-/m0/s1. The normalized spacial score (nSPS) is 47.3. The predicted molar refractivity (Wildman–Crippen MR) is 88.4 cm³/mol. The Kier molecular flexibility index (Phi) is 3.61. The maximum Gasteiger partial charge on any atom is 0.184 e. The van der Waals surface area contributed by atoms with E-state index < -0.39 is 18.0 Å². The molecule has 132 valence electrons. The fourth-order valence-corrected chi connectivity index (χ4v) is 5.36. The maximum absolute atomic E-state index is 12.3. The predicted octanol–water partition coefficient (Wildman–Crippen LogP) is 2.48. The van der Waals surface area contributed by atoms with Gasteiger partial charge in [-0.3, -0.25) is 0 Å². The van der Waals surface area contributed by atoms with Crippen molar-refractivity contribution in [2.24, 2.45) is 23.2 Å². The zero-order valence-electron chi connectivity index (χ0n) is 14.1. The van der Waals surface area contributed by atoms with Crippen molar-refractivity contribution in [1.82, 2.24) is 0 Å². The van der Waals surface area contributed by atoms with Gasteiger partial charge in [0.25, 0.3) is 0 Å². The average molecular weight is 342 g/mol. The van der Waals surface area contributed by atoms with Crippen molar-refractivity contribution in [3.8, 4) is 0 Å². The summed E-state index contributed by atoms with van der Waals surface area (Å²) in [4.78, 5) is 12.3. The first-order valence-corrected chi connectivity index (χ1v) is 8.93. The minimum atomic E-state index is -0.659. The van der Waals surface area contributed by atoms with Crippen molar-refractivity contribution in [3.05, 3.63) is 48.0 Å². The van der Waals surface area contributed by atoms with Crippen LogP contribution in [0.5, 0.6) is 0 Å². The van der Waals surface area contributed by atoms with Crippen LogP contribution in [0.4, 0.5) is 0 Å². The first kappa shape index (κ1) is 15.7. The maximum atomic E-state index is 12.3. The van der Waals surface area contributed by atoms with E-state index >= 15 is 0 Å². The van der Waals surface area contributed by atoms with Gasteiger partial charge in [-0.25, -0.2) is 0 Å². The van der Waals surface area contributed by atoms with Gasteiger partial charge in [-0.1, -0.05) is 42.5 Å². The van der Waals surface area contributed by atoms with Gasteiger partial charge >= 0.3 is 0 Å². The number of allylic oxidation sites excluding steroid dienone is 2. The Bertz CT molecular complexity index is 689. The van der Waals surface area contributed by atoms with Gasteiger partial charge in [0.05, 0.1) is 18.1 Å². The summed E-state index contributed by atoms with van der Waals surface area (Å²) in [6.45, 7) is 0.441. The molecule has 0 unspecified atom stereocenters. The second-order valence-corrected chi connectivity index (χ2v) is 7.45. The molecule has 4 aliphatic rings. The van der Waals surface area contributed by atoms with Gasteiger partial charge in [0.15, 0.2) is 12.6 Å². The van der Waals surface area contributed by atoms with E-state index in [1.807, 2.05) is 30.3 Å². The molecule has 5 nitrogen and oxygen atoms in total. The van der Waals surface area contributed by atoms with E-state index in [1.165, 1.54) is 0 Å². The second-order valence-electron chi connectivity index (χ2n) is 7.45. The molecule has 0 radical (unpaired) electrons. The van der Waals surface area contributed by atoms with Gasteiger partial charge in [-0.2, -0.15) is 0 Å². The monoisotopic (exact) mass is 342 g/mol. The molecule has 2 aliphatic heterocycles. The first-order chi connectivity index (χ1) is 12.3. The number of methoxy groups -OCH3 is 1. The number of hydrogen-bond acceptors (Lipinski definition) is 5. The quantitative estimate of drug-likeness (QED) is 0.624. The molecule has 2 heterocycles. The second kappa shape index (κ2) is 5.74. The lowest BCUT2D eigenvalue weighted by atomic mass is 9.64. The minimum absolute atomic E-state index is 0.0683. The lowest BCUT2D eigenvalue weighted by Gasteiger charge is -2.54. The van der Waals surface area contributed by atoms with Gasteiger partial charge in [0, 0.05) is 18.6 Å². The average Bonchev–Trinajstić information content (AvgIpc) is 3.28. The van der Waals surface area contributed by atoms with E-state index in [9.17, 15) is 4.79 Å². The molecule has 0 aromatic heterocycles. The molecule has 2 bridgehead atoms. The summed E-state index contributed by atoms with van der Waals surface area (Å²) in [6, 6.07) is 9.92. The molecule has 25 heavy (non-hydrogen) atoms. The number of carbonyl (C=O) groups is 1. The molecule has 5 heteroatoms. The van der Waals surface area contributed by atoms with Crippen LogP contribution < -0.4 is 0 Å². The van der Waals surface area contributed by atoms with Crippen LogP contribution in [0.1, 0.15) is 18.3 Å². The summed E-state index contributed by atoms with van der Waals surface area (Å²) in [5, 5.41) is 0. The summed E-state index contributed by atoms with van der Waals surface area (Å²) in [6.07, 6.45) is 5.07. The fourth-order valence-electron chi connectivity index (χ4n) is 5.36. The van der Waals surface area contributed by atoms with Gasteiger partial charge in [-0.05, 0) is 18.3 Å². The van der Waals surface area contributed by atoms with Crippen LogP contribution in [0, 0.1) is 23.2 Å². The highest BCUT2D eigenvalue weighted by atomic mass is 16.7. The van der Waals surface area contributed by atoms with Crippen LogP contribution in [-0.4, -0.2) is 38.5 Å². The number of benzene rings is 1. The molecule has 0 N–H and O–H groups in total. The van der Waals surface area contributed by atoms with Gasteiger partial charge in [0.2, 0.25) is 0 Å². The van der Waals surface area contributed by atoms with E-state index in [1.54, 1.807) is 7.11 Å². The van der Waals surface area contributed by atoms with Crippen molar-refractivity contribution in [3.63, 3.8) is 0 Å². The lowest BCUT2D eigenvalue weighted by Crippen LogP contribution is -2.64. The van der Waals surface area contributed by atoms with Crippen LogP contribution in [0.15, 0.2) is 42.5 Å². The summed E-state index contributed by atoms with van der Waals surface area (Å²) >= 11 is 0. The number of hydrogen-bond donors (Lipinski definition) is 0. The molecular weight excluding hydrogens is 320 g/mol. The third-order valence-corrected chi connectivity index (χ3v) is 6.41. The number of fused-ring (bicyclic) bond motifs is 7. The first-order valence-electron chi connectivity index (χ1n) is 8.93. The Morgan fingerprint density at radius 2 is 2.04 bits per heavy atom. The van der Waals surface area contributed by atoms with Gasteiger partial charge in [0.1, 0.15) is 12.4 Å². The van der Waals surface area contributed by atoms with E-state index in [-0.39, 0.29) is 24.0 Å². The third kappa shape index (κ3) is 2.07. The summed E-state index contributed by atoms with van der Waals surface area (Å²) in [5.74, 6) is 0.560. The van der Waals surface area contributed by atoms with Crippen LogP contribution >= 0.6 is 0 Å². The molecule has 3 fully saturated rings. The Morgan fingerprint density at radius 3 is 2.80 bits per heavy atom. The van der Waals surface area contributed by atoms with Crippen molar-refractivity contribution in [2.75, 3.05) is 13.7 Å². The number of aldehydes is 1. The highest BCUT2D eigenvalue weighted by molar-refractivity contribution is 5.65. The molecule has 5 rings (SSSR count). The summed E-state index contributed by atoms with van der Waals surface area (Å²) in [7, 11) is 1.61. The van der Waals surface area contributed by atoms with E-state index in [0.717, 1.165) is 18.3 Å². The lowest BCUT2D eigenvalue weighted by molar-refractivity contribution is -0.356. The molecule has 8 atom stereocenters. The minimum Gasteiger partial charge on any atom is -0.355 e. The molecule has 1 aromatic carbocycles. The molecule has 2 saturated heterocycles. The van der Waals surface area contributed by atoms with Gasteiger partial charge in [-0.15, -0.1) is 0 Å². The number of ether oxygens (including phenoxy) is 4. The topological polar surface area (TPSA) is 54.0 Å². The van der Waals surface area contributed by atoms with Crippen molar-refractivity contribution >= 4 is 6.29 Å². The molecule has 1 aromatic rings. The molecule has 0 spiro atoms. The van der Waals surface area contributed by atoms with Crippen LogP contribution in [-0.2, 0) is 23.7 Å². The fraction of sp³-hybridized carbons (Fsp3) is 0.550. The van der Waals surface area contributed by atoms with Crippen molar-refractivity contribution < 1.29 is 23.7 Å². The Labute approximate surface area is 146 Å². The molecule has 1 saturated carbocycles. The number of carbonyl (C=O) groups excluding carboxylic acids is 1.